The van der Waals surface area contributed by atoms with E-state index in [0.717, 1.165) is 11.8 Å². The van der Waals surface area contributed by atoms with E-state index in [2.05, 4.69) is 5.32 Å². The van der Waals surface area contributed by atoms with Crippen molar-refractivity contribution >= 4 is 5.69 Å². The van der Waals surface area contributed by atoms with E-state index in [1.54, 1.807) is 6.07 Å². The molecule has 0 amide bonds. The molecule has 0 spiro atoms. The van der Waals surface area contributed by atoms with Crippen LogP contribution in [0.25, 0.3) is 0 Å². The summed E-state index contributed by atoms with van der Waals surface area (Å²) in [6.45, 7) is 0.271. The van der Waals surface area contributed by atoms with E-state index < -0.39 is 11.6 Å². The fraction of sp³-hybridized carbons (Fsp3) is 0.0769. The van der Waals surface area contributed by atoms with Crippen LogP contribution in [0.15, 0.2) is 48.5 Å². The third-order valence-corrected chi connectivity index (χ3v) is 2.29. The van der Waals surface area contributed by atoms with Crippen molar-refractivity contribution in [2.24, 2.45) is 0 Å². The van der Waals surface area contributed by atoms with Crippen molar-refractivity contribution in [3.63, 3.8) is 0 Å². The second-order valence-corrected chi connectivity index (χ2v) is 3.43. The van der Waals surface area contributed by atoms with E-state index in [1.165, 1.54) is 6.07 Å². The molecule has 0 radical (unpaired) electrons. The molecule has 0 aliphatic rings. The lowest BCUT2D eigenvalue weighted by atomic mass is 10.2. The lowest BCUT2D eigenvalue weighted by Gasteiger charge is -2.07. The van der Waals surface area contributed by atoms with Crippen molar-refractivity contribution in [3.05, 3.63) is 65.7 Å². The van der Waals surface area contributed by atoms with Crippen LogP contribution in [0.2, 0.25) is 0 Å². The maximum absolute atomic E-state index is 13.3. The van der Waals surface area contributed by atoms with E-state index in [-0.39, 0.29) is 6.54 Å². The van der Waals surface area contributed by atoms with Gasteiger partial charge in [0.2, 0.25) is 0 Å². The Balaban J connectivity index is 2.08. The Morgan fingerprint density at radius 2 is 1.62 bits per heavy atom. The maximum Gasteiger partial charge on any atom is 0.163 e. The Hall–Kier alpha value is -1.90. The molecule has 82 valence electrons. The van der Waals surface area contributed by atoms with Crippen molar-refractivity contribution < 1.29 is 8.78 Å². The smallest absolute Gasteiger partial charge is 0.163 e. The summed E-state index contributed by atoms with van der Waals surface area (Å²) in [6.07, 6.45) is 0. The lowest BCUT2D eigenvalue weighted by molar-refractivity contribution is 0.500. The monoisotopic (exact) mass is 219 g/mol. The van der Waals surface area contributed by atoms with E-state index in [9.17, 15) is 8.78 Å². The summed E-state index contributed by atoms with van der Waals surface area (Å²) < 4.78 is 26.2. The molecule has 0 bridgehead atoms. The third-order valence-electron chi connectivity index (χ3n) is 2.29. The Labute approximate surface area is 92.7 Å². The first kappa shape index (κ1) is 10.6. The Morgan fingerprint density at radius 3 is 2.38 bits per heavy atom. The molecular weight excluding hydrogens is 208 g/mol. The second-order valence-electron chi connectivity index (χ2n) is 3.43. The molecule has 16 heavy (non-hydrogen) atoms. The first-order valence-electron chi connectivity index (χ1n) is 4.99. The number of hydrogen-bond acceptors (Lipinski definition) is 1. The van der Waals surface area contributed by atoms with Gasteiger partial charge < -0.3 is 5.32 Å². The van der Waals surface area contributed by atoms with Crippen molar-refractivity contribution in [1.82, 2.24) is 0 Å². The van der Waals surface area contributed by atoms with E-state index >= 15 is 0 Å². The Bertz CT molecular complexity index is 469. The van der Waals surface area contributed by atoms with Crippen LogP contribution in [0.5, 0.6) is 0 Å². The minimum atomic E-state index is -0.813. The first-order chi connectivity index (χ1) is 7.77. The molecule has 0 fully saturated rings. The van der Waals surface area contributed by atoms with Gasteiger partial charge in [0.05, 0.1) is 0 Å². The highest BCUT2D eigenvalue weighted by Gasteiger charge is 2.06. The van der Waals surface area contributed by atoms with Gasteiger partial charge in [-0.3, -0.25) is 0 Å². The number of benzene rings is 2. The number of halogens is 2. The molecule has 0 aliphatic carbocycles. The number of hydrogen-bond donors (Lipinski definition) is 1. The molecule has 0 aromatic heterocycles. The zero-order chi connectivity index (χ0) is 11.4. The molecule has 0 heterocycles. The maximum atomic E-state index is 13.3. The minimum absolute atomic E-state index is 0.271. The molecule has 0 saturated heterocycles. The molecule has 1 nitrogen and oxygen atoms in total. The SMILES string of the molecule is Fc1cccc(CNc2ccccc2)c1F. The first-order valence-corrected chi connectivity index (χ1v) is 4.99. The summed E-state index contributed by atoms with van der Waals surface area (Å²) in [7, 11) is 0. The van der Waals surface area contributed by atoms with Gasteiger partial charge in [0, 0.05) is 17.8 Å². The average Bonchev–Trinajstić information content (AvgIpc) is 2.32. The fourth-order valence-electron chi connectivity index (χ4n) is 1.44. The van der Waals surface area contributed by atoms with Gasteiger partial charge in [-0.2, -0.15) is 0 Å². The number of para-hydroxylation sites is 1. The van der Waals surface area contributed by atoms with Gasteiger partial charge in [-0.25, -0.2) is 8.78 Å². The van der Waals surface area contributed by atoms with Crippen LogP contribution in [0.1, 0.15) is 5.56 Å². The molecule has 0 unspecified atom stereocenters. The summed E-state index contributed by atoms with van der Waals surface area (Å²) >= 11 is 0. The highest BCUT2D eigenvalue weighted by Crippen LogP contribution is 2.13. The summed E-state index contributed by atoms with van der Waals surface area (Å²) in [5, 5.41) is 3.02. The van der Waals surface area contributed by atoms with Gasteiger partial charge in [-0.05, 0) is 18.2 Å². The van der Waals surface area contributed by atoms with Crippen LogP contribution in [-0.4, -0.2) is 0 Å². The second kappa shape index (κ2) is 4.75. The van der Waals surface area contributed by atoms with E-state index in [4.69, 9.17) is 0 Å². The average molecular weight is 219 g/mol. The fourth-order valence-corrected chi connectivity index (χ4v) is 1.44. The molecule has 2 aromatic carbocycles. The molecule has 0 saturated carbocycles. The van der Waals surface area contributed by atoms with Crippen LogP contribution < -0.4 is 5.32 Å². The Kier molecular flexibility index (Phi) is 3.15. The third kappa shape index (κ3) is 2.37. The van der Waals surface area contributed by atoms with Crippen molar-refractivity contribution in [2.75, 3.05) is 5.32 Å². The van der Waals surface area contributed by atoms with Gasteiger partial charge in [0.1, 0.15) is 0 Å². The highest BCUT2D eigenvalue weighted by atomic mass is 19.2. The van der Waals surface area contributed by atoms with Gasteiger partial charge in [-0.15, -0.1) is 0 Å². The summed E-state index contributed by atoms with van der Waals surface area (Å²) in [6, 6.07) is 13.6. The lowest BCUT2D eigenvalue weighted by Crippen LogP contribution is -2.02. The zero-order valence-electron chi connectivity index (χ0n) is 8.58. The number of anilines is 1. The summed E-state index contributed by atoms with van der Waals surface area (Å²) in [5.41, 5.74) is 1.20. The zero-order valence-corrected chi connectivity index (χ0v) is 8.58. The Morgan fingerprint density at radius 1 is 0.875 bits per heavy atom. The van der Waals surface area contributed by atoms with Gasteiger partial charge in [-0.1, -0.05) is 30.3 Å². The van der Waals surface area contributed by atoms with Crippen molar-refractivity contribution in [2.45, 2.75) is 6.54 Å². The summed E-state index contributed by atoms with van der Waals surface area (Å²) in [5.74, 6) is -1.60. The van der Waals surface area contributed by atoms with Crippen LogP contribution in [0, 0.1) is 11.6 Å². The molecule has 0 aliphatic heterocycles. The van der Waals surface area contributed by atoms with Crippen LogP contribution in [0.3, 0.4) is 0 Å². The van der Waals surface area contributed by atoms with Gasteiger partial charge in [0.25, 0.3) is 0 Å². The van der Waals surface area contributed by atoms with Gasteiger partial charge >= 0.3 is 0 Å². The normalized spacial score (nSPS) is 10.1. The molecule has 3 heteroatoms. The number of rotatable bonds is 3. The summed E-state index contributed by atoms with van der Waals surface area (Å²) in [4.78, 5) is 0. The minimum Gasteiger partial charge on any atom is -0.381 e. The molecule has 0 atom stereocenters. The largest absolute Gasteiger partial charge is 0.381 e. The van der Waals surface area contributed by atoms with Gasteiger partial charge in [0.15, 0.2) is 11.6 Å². The molecule has 2 rings (SSSR count). The topological polar surface area (TPSA) is 12.0 Å². The molecular formula is C13H11F2N. The predicted molar refractivity (Wildman–Crippen MR) is 60.1 cm³/mol. The molecule has 2 aromatic rings. The van der Waals surface area contributed by atoms with E-state index in [0.29, 0.717) is 5.56 Å². The standard InChI is InChI=1S/C13H11F2N/c14-12-8-4-5-10(13(12)15)9-16-11-6-2-1-3-7-11/h1-8,16H,9H2. The quantitative estimate of drug-likeness (QED) is 0.832. The van der Waals surface area contributed by atoms with Crippen molar-refractivity contribution in [1.29, 1.82) is 0 Å². The van der Waals surface area contributed by atoms with Crippen molar-refractivity contribution in [3.8, 4) is 0 Å². The molecule has 1 N–H and O–H groups in total. The highest BCUT2D eigenvalue weighted by molar-refractivity contribution is 5.43. The van der Waals surface area contributed by atoms with E-state index in [1.807, 2.05) is 30.3 Å². The predicted octanol–water partition coefficient (Wildman–Crippen LogP) is 3.58. The van der Waals surface area contributed by atoms with Crippen LogP contribution in [0.4, 0.5) is 14.5 Å². The number of nitrogens with one attached hydrogen (secondary N) is 1. The van der Waals surface area contributed by atoms with Crippen LogP contribution in [-0.2, 0) is 6.54 Å². The van der Waals surface area contributed by atoms with Crippen LogP contribution >= 0.6 is 0 Å².